The molecule has 0 atom stereocenters. The van der Waals surface area contributed by atoms with E-state index in [1.54, 1.807) is 12.1 Å². The largest absolute Gasteiger partial charge is 0.320 e. The lowest BCUT2D eigenvalue weighted by atomic mass is 10.1. The van der Waals surface area contributed by atoms with E-state index in [0.29, 0.717) is 4.80 Å². The molecule has 0 aliphatic rings. The molecule has 0 aliphatic carbocycles. The van der Waals surface area contributed by atoms with Crippen LogP contribution in [0, 0.1) is 18.2 Å². The molecule has 2 aromatic rings. The Morgan fingerprint density at radius 3 is 2.33 bits per heavy atom. The van der Waals surface area contributed by atoms with Gasteiger partial charge in [-0.1, -0.05) is 0 Å². The summed E-state index contributed by atoms with van der Waals surface area (Å²) in [5, 5.41) is 7.68. The van der Waals surface area contributed by atoms with E-state index < -0.39 is 0 Å². The van der Waals surface area contributed by atoms with Crippen molar-refractivity contribution in [1.82, 2.24) is 4.57 Å². The first-order valence-electron chi connectivity index (χ1n) is 4.56. The van der Waals surface area contributed by atoms with E-state index in [1.807, 2.05) is 18.5 Å². The number of halogens is 1. The Kier molecular flexibility index (Phi) is 2.44. The Morgan fingerprint density at radius 2 is 1.87 bits per heavy atom. The number of rotatable bonds is 1. The third-order valence-electron chi connectivity index (χ3n) is 2.34. The van der Waals surface area contributed by atoms with Gasteiger partial charge in [0, 0.05) is 11.9 Å². The van der Waals surface area contributed by atoms with E-state index in [9.17, 15) is 4.39 Å². The van der Waals surface area contributed by atoms with Gasteiger partial charge in [0.25, 0.3) is 0 Å². The molecule has 78 valence electrons. The number of thiazole rings is 1. The molecular formula is C11H11FN2S. The lowest BCUT2D eigenvalue weighted by molar-refractivity contribution is 0.628. The van der Waals surface area contributed by atoms with Gasteiger partial charge in [0.1, 0.15) is 5.82 Å². The van der Waals surface area contributed by atoms with Crippen LogP contribution in [0.5, 0.6) is 0 Å². The van der Waals surface area contributed by atoms with Gasteiger partial charge in [-0.2, -0.15) is 0 Å². The van der Waals surface area contributed by atoms with Crippen LogP contribution in [0.3, 0.4) is 0 Å². The third-order valence-corrected chi connectivity index (χ3v) is 3.31. The van der Waals surface area contributed by atoms with E-state index in [4.69, 9.17) is 5.41 Å². The second-order valence-electron chi connectivity index (χ2n) is 3.38. The number of hydrogen-bond donors (Lipinski definition) is 1. The molecule has 0 amide bonds. The van der Waals surface area contributed by atoms with Gasteiger partial charge in [-0.15, -0.1) is 11.3 Å². The highest BCUT2D eigenvalue weighted by Crippen LogP contribution is 2.24. The maximum absolute atomic E-state index is 12.8. The average molecular weight is 222 g/mol. The molecule has 15 heavy (non-hydrogen) atoms. The summed E-state index contributed by atoms with van der Waals surface area (Å²) in [5.74, 6) is -0.236. The van der Waals surface area contributed by atoms with Crippen molar-refractivity contribution in [2.24, 2.45) is 7.05 Å². The lowest BCUT2D eigenvalue weighted by Crippen LogP contribution is -2.08. The molecule has 1 N–H and O–H groups in total. The second kappa shape index (κ2) is 3.62. The van der Waals surface area contributed by atoms with Gasteiger partial charge >= 0.3 is 0 Å². The zero-order valence-corrected chi connectivity index (χ0v) is 9.36. The standard InChI is InChI=1S/C11H11FN2S/c1-7-10(14(2)11(13)15-7)8-3-5-9(12)6-4-8/h3-6,13H,1-2H3. The van der Waals surface area contributed by atoms with Crippen molar-refractivity contribution in [2.45, 2.75) is 6.92 Å². The summed E-state index contributed by atoms with van der Waals surface area (Å²) in [7, 11) is 1.85. The molecule has 2 rings (SSSR count). The summed E-state index contributed by atoms with van der Waals surface area (Å²) >= 11 is 1.43. The number of aromatic nitrogens is 1. The predicted octanol–water partition coefficient (Wildman–Crippen LogP) is 2.68. The molecule has 0 bridgehead atoms. The Morgan fingerprint density at radius 1 is 1.27 bits per heavy atom. The number of aryl methyl sites for hydroxylation is 1. The average Bonchev–Trinajstić information content (AvgIpc) is 2.44. The maximum Gasteiger partial charge on any atom is 0.182 e. The zero-order chi connectivity index (χ0) is 11.0. The summed E-state index contributed by atoms with van der Waals surface area (Å²) in [5.41, 5.74) is 1.94. The van der Waals surface area contributed by atoms with Crippen molar-refractivity contribution in [3.05, 3.63) is 39.8 Å². The van der Waals surface area contributed by atoms with Crippen LogP contribution in [0.15, 0.2) is 24.3 Å². The highest BCUT2D eigenvalue weighted by Gasteiger charge is 2.08. The third kappa shape index (κ3) is 1.72. The molecule has 0 unspecified atom stereocenters. The number of nitrogens with one attached hydrogen (secondary N) is 1. The van der Waals surface area contributed by atoms with Crippen LogP contribution >= 0.6 is 11.3 Å². The molecule has 0 fully saturated rings. The van der Waals surface area contributed by atoms with Crippen LogP contribution in [0.2, 0.25) is 0 Å². The maximum atomic E-state index is 12.8. The normalized spacial score (nSPS) is 10.6. The Hall–Kier alpha value is -1.42. The predicted molar refractivity (Wildman–Crippen MR) is 59.3 cm³/mol. The zero-order valence-electron chi connectivity index (χ0n) is 8.54. The van der Waals surface area contributed by atoms with Crippen LogP contribution in [0.1, 0.15) is 4.88 Å². The van der Waals surface area contributed by atoms with Gasteiger partial charge in [-0.05, 0) is 36.8 Å². The molecule has 1 heterocycles. The van der Waals surface area contributed by atoms with Crippen molar-refractivity contribution in [3.8, 4) is 11.3 Å². The Labute approximate surface area is 91.1 Å². The van der Waals surface area contributed by atoms with E-state index >= 15 is 0 Å². The first-order valence-corrected chi connectivity index (χ1v) is 5.38. The highest BCUT2D eigenvalue weighted by atomic mass is 32.1. The van der Waals surface area contributed by atoms with Gasteiger partial charge in [0.05, 0.1) is 5.69 Å². The summed E-state index contributed by atoms with van der Waals surface area (Å²) in [4.78, 5) is 1.58. The molecule has 4 heteroatoms. The summed E-state index contributed by atoms with van der Waals surface area (Å²) in [6.45, 7) is 1.97. The minimum atomic E-state index is -0.236. The van der Waals surface area contributed by atoms with Crippen molar-refractivity contribution >= 4 is 11.3 Å². The highest BCUT2D eigenvalue weighted by molar-refractivity contribution is 7.09. The van der Waals surface area contributed by atoms with Crippen LogP contribution in [0.25, 0.3) is 11.3 Å². The van der Waals surface area contributed by atoms with Gasteiger partial charge in [-0.3, -0.25) is 5.41 Å². The van der Waals surface area contributed by atoms with Gasteiger partial charge < -0.3 is 4.57 Å². The summed E-state index contributed by atoms with van der Waals surface area (Å²) in [6, 6.07) is 6.36. The quantitative estimate of drug-likeness (QED) is 0.768. The fourth-order valence-electron chi connectivity index (χ4n) is 1.60. The van der Waals surface area contributed by atoms with E-state index in [-0.39, 0.29) is 5.82 Å². The lowest BCUT2D eigenvalue weighted by Gasteiger charge is -2.04. The first kappa shape index (κ1) is 10.1. The van der Waals surface area contributed by atoms with Crippen LogP contribution in [0.4, 0.5) is 4.39 Å². The van der Waals surface area contributed by atoms with Crippen LogP contribution < -0.4 is 4.80 Å². The molecule has 1 aromatic heterocycles. The van der Waals surface area contributed by atoms with Crippen LogP contribution in [-0.2, 0) is 7.05 Å². The molecule has 1 aromatic carbocycles. The first-order chi connectivity index (χ1) is 7.09. The van der Waals surface area contributed by atoms with Crippen molar-refractivity contribution < 1.29 is 4.39 Å². The minimum absolute atomic E-state index is 0.236. The molecule has 0 spiro atoms. The summed E-state index contributed by atoms with van der Waals surface area (Å²) < 4.78 is 14.6. The summed E-state index contributed by atoms with van der Waals surface area (Å²) in [6.07, 6.45) is 0. The smallest absolute Gasteiger partial charge is 0.182 e. The monoisotopic (exact) mass is 222 g/mol. The van der Waals surface area contributed by atoms with Crippen molar-refractivity contribution in [1.29, 1.82) is 5.41 Å². The van der Waals surface area contributed by atoms with Crippen LogP contribution in [-0.4, -0.2) is 4.57 Å². The van der Waals surface area contributed by atoms with Gasteiger partial charge in [0.2, 0.25) is 0 Å². The topological polar surface area (TPSA) is 28.8 Å². The van der Waals surface area contributed by atoms with E-state index in [2.05, 4.69) is 0 Å². The molecule has 0 radical (unpaired) electrons. The minimum Gasteiger partial charge on any atom is -0.320 e. The fraction of sp³-hybridized carbons (Fsp3) is 0.182. The SMILES string of the molecule is Cc1sc(=N)n(C)c1-c1ccc(F)cc1. The van der Waals surface area contributed by atoms with Gasteiger partial charge in [0.15, 0.2) is 4.80 Å². The molecule has 0 saturated carbocycles. The molecule has 2 nitrogen and oxygen atoms in total. The second-order valence-corrected chi connectivity index (χ2v) is 4.58. The number of hydrogen-bond acceptors (Lipinski definition) is 2. The van der Waals surface area contributed by atoms with Crippen molar-refractivity contribution in [2.75, 3.05) is 0 Å². The molecular weight excluding hydrogens is 211 g/mol. The number of benzene rings is 1. The van der Waals surface area contributed by atoms with Gasteiger partial charge in [-0.25, -0.2) is 4.39 Å². The van der Waals surface area contributed by atoms with E-state index in [0.717, 1.165) is 16.1 Å². The Bertz CT molecular complexity index is 537. The fourth-order valence-corrected chi connectivity index (χ4v) is 2.47. The van der Waals surface area contributed by atoms with Crippen molar-refractivity contribution in [3.63, 3.8) is 0 Å². The van der Waals surface area contributed by atoms with E-state index in [1.165, 1.54) is 23.5 Å². The molecule has 0 aliphatic heterocycles. The molecule has 0 saturated heterocycles. The Balaban J connectivity index is 2.63. The number of nitrogens with zero attached hydrogens (tertiary/aromatic N) is 1.